The zero-order chi connectivity index (χ0) is 14.7. The van der Waals surface area contributed by atoms with Gasteiger partial charge in [-0.05, 0) is 20.4 Å². The molecule has 0 aliphatic rings. The van der Waals surface area contributed by atoms with Crippen molar-refractivity contribution in [3.8, 4) is 0 Å². The number of likely N-dealkylation sites (N-methyl/N-ethyl adjacent to an activating group) is 1. The van der Waals surface area contributed by atoms with Gasteiger partial charge in [-0.3, -0.25) is 9.59 Å². The lowest BCUT2D eigenvalue weighted by Crippen LogP contribution is -2.58. The van der Waals surface area contributed by atoms with Gasteiger partial charge in [0.1, 0.15) is 0 Å². The molecule has 0 saturated carbocycles. The molecule has 0 rings (SSSR count). The summed E-state index contributed by atoms with van der Waals surface area (Å²) in [5.41, 5.74) is 4.99. The Morgan fingerprint density at radius 2 is 1.95 bits per heavy atom. The van der Waals surface area contributed by atoms with Gasteiger partial charge in [0.2, 0.25) is 5.91 Å². The van der Waals surface area contributed by atoms with Crippen molar-refractivity contribution >= 4 is 11.9 Å². The monoisotopic (exact) mass is 274 g/mol. The molecule has 7 heteroatoms. The normalized spacial score (nSPS) is 13.8. The van der Waals surface area contributed by atoms with Crippen molar-refractivity contribution in [1.82, 2.24) is 16.0 Å². The highest BCUT2D eigenvalue weighted by Gasteiger charge is 2.24. The number of nitrogens with one attached hydrogen (secondary N) is 3. The number of hydrogen-bond acceptors (Lipinski definition) is 5. The van der Waals surface area contributed by atoms with E-state index >= 15 is 0 Å². The van der Waals surface area contributed by atoms with Crippen molar-refractivity contribution in [2.24, 2.45) is 5.73 Å². The molecule has 1 amide bonds. The molecule has 7 nitrogen and oxygen atoms in total. The van der Waals surface area contributed by atoms with Gasteiger partial charge in [0.15, 0.2) is 0 Å². The van der Waals surface area contributed by atoms with Crippen LogP contribution in [0.5, 0.6) is 0 Å². The molecule has 0 saturated heterocycles. The predicted molar refractivity (Wildman–Crippen MR) is 73.9 cm³/mol. The van der Waals surface area contributed by atoms with Gasteiger partial charge in [0.05, 0.1) is 5.54 Å². The zero-order valence-corrected chi connectivity index (χ0v) is 11.8. The van der Waals surface area contributed by atoms with Gasteiger partial charge < -0.3 is 26.8 Å². The van der Waals surface area contributed by atoms with Crippen molar-refractivity contribution in [3.05, 3.63) is 0 Å². The smallest absolute Gasteiger partial charge is 0.303 e. The lowest BCUT2D eigenvalue weighted by Gasteiger charge is -2.31. The molecule has 0 aromatic rings. The summed E-state index contributed by atoms with van der Waals surface area (Å²) in [4.78, 5) is 22.1. The van der Waals surface area contributed by atoms with E-state index in [2.05, 4.69) is 16.0 Å². The molecule has 19 heavy (non-hydrogen) atoms. The fraction of sp³-hybridized carbons (Fsp3) is 0.833. The average Bonchev–Trinajstić information content (AvgIpc) is 2.28. The summed E-state index contributed by atoms with van der Waals surface area (Å²) in [6, 6.07) is 0. The van der Waals surface area contributed by atoms with E-state index in [-0.39, 0.29) is 18.7 Å². The summed E-state index contributed by atoms with van der Waals surface area (Å²) < 4.78 is 0. The summed E-state index contributed by atoms with van der Waals surface area (Å²) in [6.07, 6.45) is 0.594. The average molecular weight is 274 g/mol. The second kappa shape index (κ2) is 9.71. The first-order valence-electron chi connectivity index (χ1n) is 6.51. The van der Waals surface area contributed by atoms with E-state index in [4.69, 9.17) is 10.8 Å². The highest BCUT2D eigenvalue weighted by molar-refractivity contribution is 5.77. The number of aliphatic carboxylic acids is 1. The number of rotatable bonds is 11. The fourth-order valence-electron chi connectivity index (χ4n) is 1.81. The Labute approximate surface area is 114 Å². The van der Waals surface area contributed by atoms with Gasteiger partial charge in [-0.15, -0.1) is 0 Å². The summed E-state index contributed by atoms with van der Waals surface area (Å²) >= 11 is 0. The summed E-state index contributed by atoms with van der Waals surface area (Å²) in [7, 11) is 1.82. The van der Waals surface area contributed by atoms with E-state index in [9.17, 15) is 9.59 Å². The molecule has 0 aromatic carbocycles. The fourth-order valence-corrected chi connectivity index (χ4v) is 1.81. The Balaban J connectivity index is 4.15. The highest BCUT2D eigenvalue weighted by atomic mass is 16.4. The van der Waals surface area contributed by atoms with E-state index < -0.39 is 11.5 Å². The third-order valence-corrected chi connectivity index (χ3v) is 2.64. The van der Waals surface area contributed by atoms with Crippen molar-refractivity contribution < 1.29 is 14.7 Å². The Kier molecular flexibility index (Phi) is 9.11. The minimum absolute atomic E-state index is 0.0155. The van der Waals surface area contributed by atoms with E-state index in [1.165, 1.54) is 0 Å². The molecule has 0 fully saturated rings. The second-order valence-electron chi connectivity index (χ2n) is 4.85. The molecule has 0 heterocycles. The molecule has 0 aliphatic carbocycles. The molecule has 1 atom stereocenters. The van der Waals surface area contributed by atoms with Gasteiger partial charge in [-0.25, -0.2) is 0 Å². The predicted octanol–water partition coefficient (Wildman–Crippen LogP) is -1.12. The molecule has 0 aromatic heterocycles. The van der Waals surface area contributed by atoms with Gasteiger partial charge in [-0.2, -0.15) is 0 Å². The molecule has 112 valence electrons. The molecular formula is C12H26N4O3. The zero-order valence-electron chi connectivity index (χ0n) is 11.8. The molecule has 0 spiro atoms. The van der Waals surface area contributed by atoms with E-state index in [0.29, 0.717) is 32.6 Å². The van der Waals surface area contributed by atoms with Crippen LogP contribution < -0.4 is 21.7 Å². The quantitative estimate of drug-likeness (QED) is 0.305. The topological polar surface area (TPSA) is 116 Å². The number of carboxylic acids is 1. The molecule has 0 bridgehead atoms. The van der Waals surface area contributed by atoms with Crippen LogP contribution in [0, 0.1) is 0 Å². The number of hydrogen-bond donors (Lipinski definition) is 5. The summed E-state index contributed by atoms with van der Waals surface area (Å²) in [5.74, 6) is -1.01. The van der Waals surface area contributed by atoms with Crippen LogP contribution in [0.2, 0.25) is 0 Å². The third kappa shape index (κ3) is 9.40. The van der Waals surface area contributed by atoms with Crippen LogP contribution in [-0.4, -0.2) is 55.7 Å². The first kappa shape index (κ1) is 17.8. The van der Waals surface area contributed by atoms with E-state index in [1.807, 2.05) is 14.0 Å². The maximum Gasteiger partial charge on any atom is 0.303 e. The van der Waals surface area contributed by atoms with Crippen molar-refractivity contribution in [2.75, 3.05) is 33.2 Å². The maximum atomic E-state index is 11.8. The minimum Gasteiger partial charge on any atom is -0.481 e. The maximum absolute atomic E-state index is 11.8. The third-order valence-electron chi connectivity index (χ3n) is 2.64. The lowest BCUT2D eigenvalue weighted by molar-refractivity contribution is -0.137. The van der Waals surface area contributed by atoms with Crippen LogP contribution in [0.3, 0.4) is 0 Å². The van der Waals surface area contributed by atoms with Crippen molar-refractivity contribution in [1.29, 1.82) is 0 Å². The Hall–Kier alpha value is -1.18. The van der Waals surface area contributed by atoms with Crippen LogP contribution >= 0.6 is 0 Å². The molecule has 0 radical (unpaired) electrons. The number of nitrogens with two attached hydrogens (primary N) is 1. The first-order chi connectivity index (χ1) is 8.93. The number of carboxylic acid groups (broad SMARTS) is 1. The second-order valence-corrected chi connectivity index (χ2v) is 4.85. The Bertz CT molecular complexity index is 286. The SMILES string of the molecule is CNC[C@@](C)(CNCCN)NC(=O)CCCC(=O)O. The summed E-state index contributed by atoms with van der Waals surface area (Å²) in [5, 5.41) is 17.7. The standard InChI is InChI=1S/C12H26N4O3/c1-12(8-14-2,9-15-7-6-13)16-10(17)4-3-5-11(18)19/h14-15H,3-9,13H2,1-2H3,(H,16,17)(H,18,19)/t12-/m0/s1. The van der Waals surface area contributed by atoms with Crippen LogP contribution in [0.1, 0.15) is 26.2 Å². The van der Waals surface area contributed by atoms with Crippen LogP contribution in [0.25, 0.3) is 0 Å². The highest BCUT2D eigenvalue weighted by Crippen LogP contribution is 2.03. The lowest BCUT2D eigenvalue weighted by atomic mass is 10.0. The van der Waals surface area contributed by atoms with Crippen LogP contribution in [-0.2, 0) is 9.59 Å². The molecule has 6 N–H and O–H groups in total. The van der Waals surface area contributed by atoms with Crippen molar-refractivity contribution in [3.63, 3.8) is 0 Å². The van der Waals surface area contributed by atoms with E-state index in [0.717, 1.165) is 0 Å². The van der Waals surface area contributed by atoms with E-state index in [1.54, 1.807) is 0 Å². The van der Waals surface area contributed by atoms with Crippen LogP contribution in [0.4, 0.5) is 0 Å². The number of amides is 1. The first-order valence-corrected chi connectivity index (χ1v) is 6.51. The van der Waals surface area contributed by atoms with Gasteiger partial charge in [0.25, 0.3) is 0 Å². The summed E-state index contributed by atoms with van der Waals surface area (Å²) in [6.45, 7) is 4.39. The van der Waals surface area contributed by atoms with Crippen molar-refractivity contribution in [2.45, 2.75) is 31.7 Å². The van der Waals surface area contributed by atoms with Gasteiger partial charge >= 0.3 is 5.97 Å². The van der Waals surface area contributed by atoms with Gasteiger partial charge in [0, 0.05) is 39.0 Å². The largest absolute Gasteiger partial charge is 0.481 e. The Morgan fingerprint density at radius 3 is 2.47 bits per heavy atom. The molecular weight excluding hydrogens is 248 g/mol. The Morgan fingerprint density at radius 1 is 1.26 bits per heavy atom. The van der Waals surface area contributed by atoms with Crippen LogP contribution in [0.15, 0.2) is 0 Å². The minimum atomic E-state index is -0.879. The number of carbonyl (C=O) groups is 2. The molecule has 0 aliphatic heterocycles. The number of carbonyl (C=O) groups excluding carboxylic acids is 1. The molecule has 0 unspecified atom stereocenters. The van der Waals surface area contributed by atoms with Gasteiger partial charge in [-0.1, -0.05) is 0 Å².